The summed E-state index contributed by atoms with van der Waals surface area (Å²) in [7, 11) is 3.48. The van der Waals surface area contributed by atoms with Gasteiger partial charge in [0.05, 0.1) is 12.7 Å². The average molecular weight is 329 g/mol. The standard InChI is InChI=1S/C16H25BrO2/c1-16(2,19-4)10-9-14(12-17)11-13-5-7-15(18-3)8-6-13/h5-8,14H,9-12H2,1-4H3. The van der Waals surface area contributed by atoms with E-state index in [1.807, 2.05) is 12.1 Å². The van der Waals surface area contributed by atoms with Crippen LogP contribution in [0.5, 0.6) is 5.75 Å². The molecule has 108 valence electrons. The Morgan fingerprint density at radius 1 is 1.16 bits per heavy atom. The Morgan fingerprint density at radius 3 is 2.26 bits per heavy atom. The molecule has 0 N–H and O–H groups in total. The van der Waals surface area contributed by atoms with E-state index in [1.54, 1.807) is 14.2 Å². The molecule has 1 rings (SSSR count). The fourth-order valence-corrected chi connectivity index (χ4v) is 2.54. The summed E-state index contributed by atoms with van der Waals surface area (Å²) < 4.78 is 10.7. The van der Waals surface area contributed by atoms with Crippen LogP contribution in [0, 0.1) is 5.92 Å². The third kappa shape index (κ3) is 5.96. The van der Waals surface area contributed by atoms with Crippen LogP contribution in [0.2, 0.25) is 0 Å². The highest BCUT2D eigenvalue weighted by atomic mass is 79.9. The molecule has 0 aromatic heterocycles. The van der Waals surface area contributed by atoms with Gasteiger partial charge in [-0.25, -0.2) is 0 Å². The molecule has 2 nitrogen and oxygen atoms in total. The zero-order chi connectivity index (χ0) is 14.3. The van der Waals surface area contributed by atoms with Crippen LogP contribution in [-0.2, 0) is 11.2 Å². The minimum absolute atomic E-state index is 0.0275. The monoisotopic (exact) mass is 328 g/mol. The van der Waals surface area contributed by atoms with Gasteiger partial charge in [-0.15, -0.1) is 0 Å². The summed E-state index contributed by atoms with van der Waals surface area (Å²) in [5.41, 5.74) is 1.33. The highest BCUT2D eigenvalue weighted by Gasteiger charge is 2.19. The van der Waals surface area contributed by atoms with Crippen molar-refractivity contribution in [3.63, 3.8) is 0 Å². The lowest BCUT2D eigenvalue weighted by molar-refractivity contribution is 0.0110. The van der Waals surface area contributed by atoms with E-state index >= 15 is 0 Å². The third-order valence-electron chi connectivity index (χ3n) is 3.61. The maximum atomic E-state index is 5.48. The van der Waals surface area contributed by atoms with Gasteiger partial charge in [-0.3, -0.25) is 0 Å². The number of hydrogen-bond acceptors (Lipinski definition) is 2. The smallest absolute Gasteiger partial charge is 0.118 e. The number of alkyl halides is 1. The first kappa shape index (κ1) is 16.5. The normalized spacial score (nSPS) is 13.3. The van der Waals surface area contributed by atoms with E-state index in [1.165, 1.54) is 5.56 Å². The lowest BCUT2D eigenvalue weighted by Gasteiger charge is -2.25. The van der Waals surface area contributed by atoms with Gasteiger partial charge < -0.3 is 9.47 Å². The average Bonchev–Trinajstić information content (AvgIpc) is 2.44. The largest absolute Gasteiger partial charge is 0.497 e. The Hall–Kier alpha value is -0.540. The van der Waals surface area contributed by atoms with Crippen LogP contribution in [-0.4, -0.2) is 25.2 Å². The van der Waals surface area contributed by atoms with Crippen molar-refractivity contribution >= 4 is 15.9 Å². The van der Waals surface area contributed by atoms with Crippen LogP contribution in [0.15, 0.2) is 24.3 Å². The van der Waals surface area contributed by atoms with Gasteiger partial charge in [0, 0.05) is 12.4 Å². The Labute approximate surface area is 125 Å². The van der Waals surface area contributed by atoms with E-state index in [9.17, 15) is 0 Å². The molecule has 0 saturated heterocycles. The van der Waals surface area contributed by atoms with Gasteiger partial charge in [-0.05, 0) is 56.7 Å². The van der Waals surface area contributed by atoms with Crippen LogP contribution in [0.25, 0.3) is 0 Å². The molecule has 19 heavy (non-hydrogen) atoms. The highest BCUT2D eigenvalue weighted by Crippen LogP contribution is 2.24. The van der Waals surface area contributed by atoms with Crippen LogP contribution in [0.1, 0.15) is 32.3 Å². The first-order chi connectivity index (χ1) is 9.00. The van der Waals surface area contributed by atoms with Gasteiger partial charge in [-0.2, -0.15) is 0 Å². The summed E-state index contributed by atoms with van der Waals surface area (Å²) in [5, 5.41) is 1.03. The molecule has 1 aromatic carbocycles. The topological polar surface area (TPSA) is 18.5 Å². The molecule has 0 fully saturated rings. The van der Waals surface area contributed by atoms with Crippen LogP contribution in [0.3, 0.4) is 0 Å². The van der Waals surface area contributed by atoms with Crippen molar-refractivity contribution in [1.29, 1.82) is 0 Å². The van der Waals surface area contributed by atoms with Crippen molar-refractivity contribution in [2.24, 2.45) is 5.92 Å². The predicted octanol–water partition coefficient (Wildman–Crippen LogP) is 4.45. The maximum Gasteiger partial charge on any atom is 0.118 e. The molecule has 0 radical (unpaired) electrons. The van der Waals surface area contributed by atoms with E-state index in [0.29, 0.717) is 5.92 Å². The van der Waals surface area contributed by atoms with Gasteiger partial charge in [-0.1, -0.05) is 28.1 Å². The van der Waals surface area contributed by atoms with Crippen LogP contribution in [0.4, 0.5) is 0 Å². The number of halogens is 1. The third-order valence-corrected chi connectivity index (χ3v) is 4.52. The minimum atomic E-state index is -0.0275. The second kappa shape index (κ2) is 7.91. The molecule has 1 aromatic rings. The summed E-state index contributed by atoms with van der Waals surface area (Å²) in [6.07, 6.45) is 3.34. The molecular weight excluding hydrogens is 304 g/mol. The number of rotatable bonds is 8. The SMILES string of the molecule is COc1ccc(CC(CBr)CCC(C)(C)OC)cc1. The summed E-state index contributed by atoms with van der Waals surface area (Å²) in [6, 6.07) is 8.35. The molecule has 1 unspecified atom stereocenters. The Balaban J connectivity index is 2.51. The van der Waals surface area contributed by atoms with Gasteiger partial charge in [0.1, 0.15) is 5.75 Å². The molecule has 0 bridgehead atoms. The Bertz CT molecular complexity index is 360. The molecule has 0 spiro atoms. The predicted molar refractivity (Wildman–Crippen MR) is 84.3 cm³/mol. The van der Waals surface area contributed by atoms with Crippen molar-refractivity contribution in [1.82, 2.24) is 0 Å². The van der Waals surface area contributed by atoms with Gasteiger partial charge in [0.25, 0.3) is 0 Å². The van der Waals surface area contributed by atoms with Crippen molar-refractivity contribution < 1.29 is 9.47 Å². The molecule has 0 aliphatic heterocycles. The molecule has 0 aliphatic carbocycles. The second-order valence-corrected chi connectivity index (χ2v) is 6.22. The number of hydrogen-bond donors (Lipinski definition) is 0. The first-order valence-corrected chi connectivity index (χ1v) is 7.87. The molecule has 0 amide bonds. The van der Waals surface area contributed by atoms with Crippen molar-refractivity contribution in [3.05, 3.63) is 29.8 Å². The van der Waals surface area contributed by atoms with Gasteiger partial charge >= 0.3 is 0 Å². The number of methoxy groups -OCH3 is 2. The quantitative estimate of drug-likeness (QED) is 0.656. The first-order valence-electron chi connectivity index (χ1n) is 6.75. The summed E-state index contributed by atoms with van der Waals surface area (Å²) in [4.78, 5) is 0. The lowest BCUT2D eigenvalue weighted by Crippen LogP contribution is -2.24. The fourth-order valence-electron chi connectivity index (χ4n) is 1.98. The van der Waals surface area contributed by atoms with Gasteiger partial charge in [0.15, 0.2) is 0 Å². The summed E-state index contributed by atoms with van der Waals surface area (Å²) >= 11 is 3.63. The van der Waals surface area contributed by atoms with E-state index < -0.39 is 0 Å². The summed E-state index contributed by atoms with van der Waals surface area (Å²) in [5.74, 6) is 1.56. The minimum Gasteiger partial charge on any atom is -0.497 e. The van der Waals surface area contributed by atoms with Crippen LogP contribution < -0.4 is 4.74 Å². The van der Waals surface area contributed by atoms with Crippen molar-refractivity contribution in [2.75, 3.05) is 19.5 Å². The number of benzene rings is 1. The zero-order valence-corrected chi connectivity index (χ0v) is 14.0. The molecular formula is C16H25BrO2. The molecule has 0 saturated carbocycles. The number of ether oxygens (including phenoxy) is 2. The van der Waals surface area contributed by atoms with E-state index in [2.05, 4.69) is 41.9 Å². The summed E-state index contributed by atoms with van der Waals surface area (Å²) in [6.45, 7) is 4.29. The Kier molecular flexibility index (Phi) is 6.87. The van der Waals surface area contributed by atoms with E-state index in [-0.39, 0.29) is 5.60 Å². The lowest BCUT2D eigenvalue weighted by atomic mass is 9.91. The molecule has 0 aliphatic rings. The molecule has 1 atom stereocenters. The van der Waals surface area contributed by atoms with Gasteiger partial charge in [0.2, 0.25) is 0 Å². The fraction of sp³-hybridized carbons (Fsp3) is 0.625. The van der Waals surface area contributed by atoms with Crippen molar-refractivity contribution in [2.45, 2.75) is 38.7 Å². The molecule has 0 heterocycles. The van der Waals surface area contributed by atoms with Crippen LogP contribution >= 0.6 is 15.9 Å². The molecule has 3 heteroatoms. The zero-order valence-electron chi connectivity index (χ0n) is 12.4. The van der Waals surface area contributed by atoms with E-state index in [0.717, 1.165) is 30.3 Å². The maximum absolute atomic E-state index is 5.48. The van der Waals surface area contributed by atoms with E-state index in [4.69, 9.17) is 9.47 Å². The highest BCUT2D eigenvalue weighted by molar-refractivity contribution is 9.09. The Morgan fingerprint density at radius 2 is 1.79 bits per heavy atom. The van der Waals surface area contributed by atoms with Crippen molar-refractivity contribution in [3.8, 4) is 5.75 Å². The second-order valence-electron chi connectivity index (χ2n) is 5.58.